The maximum Gasteiger partial charge on any atom is 0.0255 e. The van der Waals surface area contributed by atoms with Gasteiger partial charge in [-0.05, 0) is 34.0 Å². The van der Waals surface area contributed by atoms with Crippen LogP contribution >= 0.6 is 0 Å². The van der Waals surface area contributed by atoms with Crippen molar-refractivity contribution < 1.29 is 8.76 Å². The van der Waals surface area contributed by atoms with Gasteiger partial charge in [-0.2, -0.15) is 0 Å². The van der Waals surface area contributed by atoms with Crippen molar-refractivity contribution in [1.82, 2.24) is 0 Å². The number of benzene rings is 2. The number of hydrogen-bond donors (Lipinski definition) is 0. The number of rotatable bonds is 1. The van der Waals surface area contributed by atoms with E-state index in [1.165, 1.54) is 0 Å². The summed E-state index contributed by atoms with van der Waals surface area (Å²) >= 11 is -2.13. The fourth-order valence-electron chi connectivity index (χ4n) is 1.27. The summed E-state index contributed by atoms with van der Waals surface area (Å²) < 4.78 is 21.3. The Bertz CT molecular complexity index is 470. The molecule has 2 aromatic carbocycles. The van der Waals surface area contributed by atoms with Gasteiger partial charge in [-0.25, -0.2) is 0 Å². The molecule has 0 aliphatic carbocycles. The van der Waals surface area contributed by atoms with Crippen molar-refractivity contribution in [2.75, 3.05) is 0 Å². The fourth-order valence-corrected chi connectivity index (χ4v) is 1.67. The van der Waals surface area contributed by atoms with Gasteiger partial charge in [0.25, 0.3) is 0 Å². The third-order valence-corrected chi connectivity index (χ3v) is 2.55. The Morgan fingerprint density at radius 2 is 1.64 bits per heavy atom. The van der Waals surface area contributed by atoms with Gasteiger partial charge in [0.15, 0.2) is 0 Å². The minimum absolute atomic E-state index is 0. The summed E-state index contributed by atoms with van der Waals surface area (Å²) in [5.41, 5.74) is 0. The van der Waals surface area contributed by atoms with Crippen LogP contribution in [-0.2, 0) is 11.1 Å². The van der Waals surface area contributed by atoms with Crippen LogP contribution in [-0.4, -0.2) is 38.3 Å². The van der Waals surface area contributed by atoms with E-state index in [-0.39, 0.29) is 29.6 Å². The van der Waals surface area contributed by atoms with Gasteiger partial charge >= 0.3 is 0 Å². The van der Waals surface area contributed by atoms with Crippen molar-refractivity contribution in [3.63, 3.8) is 0 Å². The molecule has 1 unspecified atom stereocenters. The van der Waals surface area contributed by atoms with E-state index >= 15 is 0 Å². The Balaban J connectivity index is 0.000000980. The van der Waals surface area contributed by atoms with E-state index < -0.39 is 11.1 Å². The smallest absolute Gasteiger partial charge is 0.0255 e. The average molecular weight is 214 g/mol. The molecular formula is C10H7NaO2S-. The minimum Gasteiger partial charge on any atom is -0.768 e. The van der Waals surface area contributed by atoms with E-state index in [1.807, 2.05) is 24.3 Å². The maximum atomic E-state index is 10.6. The number of fused-ring (bicyclic) bond motifs is 1. The summed E-state index contributed by atoms with van der Waals surface area (Å²) in [6, 6.07) is 12.7. The van der Waals surface area contributed by atoms with Gasteiger partial charge in [0, 0.05) is 34.5 Å². The van der Waals surface area contributed by atoms with Gasteiger partial charge < -0.3 is 4.55 Å². The standard InChI is InChI=1S/C10H8O2S.Na/c11-13(12)10-6-5-8-3-1-2-4-9(8)7-10;/h1-7H,(H,11,12);/p-1. The van der Waals surface area contributed by atoms with E-state index in [2.05, 4.69) is 0 Å². The Labute approximate surface area is 107 Å². The van der Waals surface area contributed by atoms with Gasteiger partial charge in [0.05, 0.1) is 0 Å². The van der Waals surface area contributed by atoms with Crippen molar-refractivity contribution in [3.05, 3.63) is 42.5 Å². The molecule has 0 aromatic heterocycles. The van der Waals surface area contributed by atoms with Crippen LogP contribution in [0.25, 0.3) is 10.8 Å². The third kappa shape index (κ3) is 2.43. The van der Waals surface area contributed by atoms with E-state index in [9.17, 15) is 8.76 Å². The Morgan fingerprint density at radius 1 is 1.00 bits per heavy atom. The summed E-state index contributed by atoms with van der Waals surface area (Å²) in [6.45, 7) is 0. The van der Waals surface area contributed by atoms with Gasteiger partial charge in [0.1, 0.15) is 0 Å². The minimum atomic E-state index is -2.13. The molecule has 1 radical (unpaired) electrons. The van der Waals surface area contributed by atoms with Crippen LogP contribution in [0.15, 0.2) is 47.4 Å². The van der Waals surface area contributed by atoms with Crippen LogP contribution in [0, 0.1) is 0 Å². The first-order valence-corrected chi connectivity index (χ1v) is 4.93. The molecule has 1 atom stereocenters. The predicted octanol–water partition coefficient (Wildman–Crippen LogP) is 1.70. The quantitative estimate of drug-likeness (QED) is 0.535. The molecule has 0 saturated carbocycles. The van der Waals surface area contributed by atoms with Crippen LogP contribution in [0.1, 0.15) is 0 Å². The monoisotopic (exact) mass is 214 g/mol. The van der Waals surface area contributed by atoms with E-state index in [4.69, 9.17) is 0 Å². The zero-order valence-electron chi connectivity index (χ0n) is 7.77. The molecule has 0 fully saturated rings. The van der Waals surface area contributed by atoms with Crippen LogP contribution < -0.4 is 0 Å². The summed E-state index contributed by atoms with van der Waals surface area (Å²) in [5.74, 6) is 0. The molecule has 2 rings (SSSR count). The fraction of sp³-hybridized carbons (Fsp3) is 0. The summed E-state index contributed by atoms with van der Waals surface area (Å²) in [7, 11) is 0. The first-order chi connectivity index (χ1) is 6.27. The molecular weight excluding hydrogens is 207 g/mol. The summed E-state index contributed by atoms with van der Waals surface area (Å²) in [6.07, 6.45) is 0. The zero-order valence-corrected chi connectivity index (χ0v) is 10.6. The van der Waals surface area contributed by atoms with Crippen LogP contribution in [0.3, 0.4) is 0 Å². The summed E-state index contributed by atoms with van der Waals surface area (Å²) in [5, 5.41) is 2.00. The number of hydrogen-bond acceptors (Lipinski definition) is 2. The van der Waals surface area contributed by atoms with Crippen LogP contribution in [0.5, 0.6) is 0 Å². The zero-order chi connectivity index (χ0) is 9.26. The van der Waals surface area contributed by atoms with Crippen LogP contribution in [0.2, 0.25) is 0 Å². The topological polar surface area (TPSA) is 40.1 Å². The normalized spacial score (nSPS) is 12.1. The summed E-state index contributed by atoms with van der Waals surface area (Å²) in [4.78, 5) is 0.332. The van der Waals surface area contributed by atoms with Gasteiger partial charge in [-0.1, -0.05) is 30.3 Å². The van der Waals surface area contributed by atoms with Gasteiger partial charge in [-0.15, -0.1) is 0 Å². The largest absolute Gasteiger partial charge is 0.768 e. The Kier molecular flexibility index (Phi) is 4.29. The van der Waals surface area contributed by atoms with Crippen molar-refractivity contribution in [3.8, 4) is 0 Å². The third-order valence-electron chi connectivity index (χ3n) is 1.91. The molecule has 0 heterocycles. The van der Waals surface area contributed by atoms with Gasteiger partial charge in [-0.3, -0.25) is 4.21 Å². The molecule has 0 amide bonds. The first-order valence-electron chi connectivity index (χ1n) is 3.85. The van der Waals surface area contributed by atoms with Crippen LogP contribution in [0.4, 0.5) is 0 Å². The maximum absolute atomic E-state index is 10.6. The molecule has 0 bridgehead atoms. The van der Waals surface area contributed by atoms with E-state index in [0.29, 0.717) is 4.90 Å². The molecule has 14 heavy (non-hydrogen) atoms. The molecule has 2 aromatic rings. The Morgan fingerprint density at radius 3 is 2.29 bits per heavy atom. The van der Waals surface area contributed by atoms with Crippen molar-refractivity contribution in [1.29, 1.82) is 0 Å². The molecule has 0 aliphatic heterocycles. The molecule has 4 heteroatoms. The van der Waals surface area contributed by atoms with Crippen molar-refractivity contribution >= 4 is 51.4 Å². The molecule has 2 nitrogen and oxygen atoms in total. The average Bonchev–Trinajstić information content (AvgIpc) is 2.17. The van der Waals surface area contributed by atoms with Crippen molar-refractivity contribution in [2.45, 2.75) is 4.90 Å². The first kappa shape index (κ1) is 11.9. The second kappa shape index (κ2) is 5.05. The molecule has 0 saturated heterocycles. The van der Waals surface area contributed by atoms with Crippen molar-refractivity contribution in [2.24, 2.45) is 0 Å². The molecule has 0 spiro atoms. The Hall–Kier alpha value is -0.190. The molecule has 0 aliphatic rings. The molecule has 67 valence electrons. The molecule has 0 N–H and O–H groups in total. The van der Waals surface area contributed by atoms with E-state index in [0.717, 1.165) is 10.8 Å². The predicted molar refractivity (Wildman–Crippen MR) is 56.9 cm³/mol. The SMILES string of the molecule is O=S([O-])c1ccc2ccccc2c1.[Na]. The second-order valence-electron chi connectivity index (χ2n) is 2.74. The van der Waals surface area contributed by atoms with Gasteiger partial charge in [0.2, 0.25) is 0 Å². The van der Waals surface area contributed by atoms with E-state index in [1.54, 1.807) is 18.2 Å². The second-order valence-corrected chi connectivity index (χ2v) is 3.68.